The van der Waals surface area contributed by atoms with Crippen LogP contribution >= 0.6 is 0 Å². The number of pyridine rings is 1. The van der Waals surface area contributed by atoms with Gasteiger partial charge in [0.25, 0.3) is 0 Å². The highest BCUT2D eigenvalue weighted by Crippen LogP contribution is 2.26. The highest BCUT2D eigenvalue weighted by atomic mass is 16.4. The first kappa shape index (κ1) is 12.0. The minimum Gasteiger partial charge on any atom is -0.481 e. The van der Waals surface area contributed by atoms with Crippen molar-refractivity contribution in [3.63, 3.8) is 0 Å². The van der Waals surface area contributed by atoms with Gasteiger partial charge in [0.2, 0.25) is 0 Å². The zero-order valence-corrected chi connectivity index (χ0v) is 10.6. The molecule has 0 bridgehead atoms. The predicted octanol–water partition coefficient (Wildman–Crippen LogP) is 2.54. The number of anilines is 1. The van der Waals surface area contributed by atoms with Gasteiger partial charge < -0.3 is 10.0 Å². The highest BCUT2D eigenvalue weighted by Gasteiger charge is 2.24. The largest absolute Gasteiger partial charge is 0.481 e. The second-order valence-electron chi connectivity index (χ2n) is 5.01. The molecule has 0 atom stereocenters. The number of carbonyl (C=O) groups is 1. The van der Waals surface area contributed by atoms with Crippen LogP contribution in [0.1, 0.15) is 12.8 Å². The fourth-order valence-corrected chi connectivity index (χ4v) is 2.65. The molecule has 0 saturated carbocycles. The van der Waals surface area contributed by atoms with Crippen LogP contribution in [0.3, 0.4) is 0 Å². The van der Waals surface area contributed by atoms with Crippen LogP contribution in [-0.4, -0.2) is 29.1 Å². The molecule has 0 aliphatic carbocycles. The molecule has 1 aliphatic heterocycles. The number of piperidine rings is 1. The standard InChI is InChI=1S/C15H16N2O2/c18-15(19)12-4-7-17(8-5-12)14-2-1-11-3-6-16-10-13(11)9-14/h1-3,6,9-10,12H,4-5,7-8H2,(H,18,19). The van der Waals surface area contributed by atoms with E-state index in [1.165, 1.54) is 5.39 Å². The van der Waals surface area contributed by atoms with Crippen molar-refractivity contribution >= 4 is 22.4 Å². The summed E-state index contributed by atoms with van der Waals surface area (Å²) in [4.78, 5) is 17.3. The van der Waals surface area contributed by atoms with Gasteiger partial charge in [0.1, 0.15) is 0 Å². The van der Waals surface area contributed by atoms with Crippen molar-refractivity contribution in [1.82, 2.24) is 4.98 Å². The average molecular weight is 256 g/mol. The van der Waals surface area contributed by atoms with Crippen LogP contribution in [0.15, 0.2) is 36.7 Å². The molecule has 2 heterocycles. The number of carboxylic acids is 1. The van der Waals surface area contributed by atoms with E-state index in [4.69, 9.17) is 5.11 Å². The van der Waals surface area contributed by atoms with Gasteiger partial charge in [-0.1, -0.05) is 6.07 Å². The van der Waals surface area contributed by atoms with Crippen LogP contribution in [0, 0.1) is 5.92 Å². The SMILES string of the molecule is O=C(O)C1CCN(c2ccc3ccncc3c2)CC1. The van der Waals surface area contributed by atoms with Gasteiger partial charge in [-0.15, -0.1) is 0 Å². The summed E-state index contributed by atoms with van der Waals surface area (Å²) in [7, 11) is 0. The van der Waals surface area contributed by atoms with Crippen LogP contribution in [-0.2, 0) is 4.79 Å². The molecule has 3 rings (SSSR count). The van der Waals surface area contributed by atoms with E-state index in [-0.39, 0.29) is 5.92 Å². The van der Waals surface area contributed by atoms with E-state index in [1.807, 2.05) is 12.3 Å². The third-order valence-electron chi connectivity index (χ3n) is 3.83. The van der Waals surface area contributed by atoms with Gasteiger partial charge in [-0.05, 0) is 36.4 Å². The molecule has 4 heteroatoms. The first-order valence-electron chi connectivity index (χ1n) is 6.55. The molecule has 4 nitrogen and oxygen atoms in total. The van der Waals surface area contributed by atoms with Crippen LogP contribution in [0.4, 0.5) is 5.69 Å². The number of hydrogen-bond donors (Lipinski definition) is 1. The van der Waals surface area contributed by atoms with E-state index in [1.54, 1.807) is 6.20 Å². The van der Waals surface area contributed by atoms with Crippen LogP contribution in [0.25, 0.3) is 10.8 Å². The molecule has 19 heavy (non-hydrogen) atoms. The number of aliphatic carboxylic acids is 1. The zero-order chi connectivity index (χ0) is 13.2. The summed E-state index contributed by atoms with van der Waals surface area (Å²) in [5.41, 5.74) is 1.16. The van der Waals surface area contributed by atoms with Gasteiger partial charge in [-0.2, -0.15) is 0 Å². The second kappa shape index (κ2) is 4.88. The third kappa shape index (κ3) is 2.38. The number of hydrogen-bond acceptors (Lipinski definition) is 3. The minimum atomic E-state index is -0.664. The molecule has 0 amide bonds. The summed E-state index contributed by atoms with van der Waals surface area (Å²) >= 11 is 0. The summed E-state index contributed by atoms with van der Waals surface area (Å²) in [5.74, 6) is -0.847. The smallest absolute Gasteiger partial charge is 0.306 e. The van der Waals surface area contributed by atoms with E-state index in [0.29, 0.717) is 0 Å². The van der Waals surface area contributed by atoms with Gasteiger partial charge in [0, 0.05) is 36.6 Å². The van der Waals surface area contributed by atoms with Crippen molar-refractivity contribution in [3.05, 3.63) is 36.7 Å². The Balaban J connectivity index is 1.80. The lowest BCUT2D eigenvalue weighted by Gasteiger charge is -2.32. The van der Waals surface area contributed by atoms with Crippen molar-refractivity contribution in [2.45, 2.75) is 12.8 Å². The Morgan fingerprint density at radius 3 is 2.74 bits per heavy atom. The molecule has 1 aliphatic rings. The van der Waals surface area contributed by atoms with E-state index in [0.717, 1.165) is 37.0 Å². The van der Waals surface area contributed by atoms with Gasteiger partial charge in [-0.25, -0.2) is 0 Å². The van der Waals surface area contributed by atoms with Crippen molar-refractivity contribution < 1.29 is 9.90 Å². The van der Waals surface area contributed by atoms with Crippen molar-refractivity contribution in [1.29, 1.82) is 0 Å². The Labute approximate surface area is 111 Å². The van der Waals surface area contributed by atoms with Crippen molar-refractivity contribution in [3.8, 4) is 0 Å². The maximum Gasteiger partial charge on any atom is 0.306 e. The summed E-state index contributed by atoms with van der Waals surface area (Å²) in [6.45, 7) is 1.62. The lowest BCUT2D eigenvalue weighted by Crippen LogP contribution is -2.36. The Morgan fingerprint density at radius 1 is 1.21 bits per heavy atom. The van der Waals surface area contributed by atoms with E-state index in [2.05, 4.69) is 28.1 Å². The predicted molar refractivity (Wildman–Crippen MR) is 74.3 cm³/mol. The zero-order valence-electron chi connectivity index (χ0n) is 10.6. The van der Waals surface area contributed by atoms with E-state index >= 15 is 0 Å². The monoisotopic (exact) mass is 256 g/mol. The molecule has 1 aromatic carbocycles. The van der Waals surface area contributed by atoms with Gasteiger partial charge >= 0.3 is 5.97 Å². The first-order chi connectivity index (χ1) is 9.24. The van der Waals surface area contributed by atoms with Gasteiger partial charge in [0.15, 0.2) is 0 Å². The summed E-state index contributed by atoms with van der Waals surface area (Å²) in [5, 5.41) is 11.3. The number of rotatable bonds is 2. The van der Waals surface area contributed by atoms with E-state index in [9.17, 15) is 4.79 Å². The maximum absolute atomic E-state index is 10.9. The Kier molecular flexibility index (Phi) is 3.07. The quantitative estimate of drug-likeness (QED) is 0.897. The number of fused-ring (bicyclic) bond motifs is 1. The maximum atomic E-state index is 10.9. The molecular formula is C15H16N2O2. The molecule has 1 saturated heterocycles. The second-order valence-corrected chi connectivity index (χ2v) is 5.01. The summed E-state index contributed by atoms with van der Waals surface area (Å²) in [6.07, 6.45) is 5.10. The van der Waals surface area contributed by atoms with E-state index < -0.39 is 5.97 Å². The fraction of sp³-hybridized carbons (Fsp3) is 0.333. The number of carboxylic acid groups (broad SMARTS) is 1. The third-order valence-corrected chi connectivity index (χ3v) is 3.83. The molecule has 0 radical (unpaired) electrons. The van der Waals surface area contributed by atoms with Crippen molar-refractivity contribution in [2.75, 3.05) is 18.0 Å². The number of nitrogens with zero attached hydrogens (tertiary/aromatic N) is 2. The number of benzene rings is 1. The Hall–Kier alpha value is -2.10. The van der Waals surface area contributed by atoms with Crippen LogP contribution in [0.2, 0.25) is 0 Å². The highest BCUT2D eigenvalue weighted by molar-refractivity contribution is 5.85. The molecule has 0 spiro atoms. The average Bonchev–Trinajstić information content (AvgIpc) is 2.47. The lowest BCUT2D eigenvalue weighted by molar-refractivity contribution is -0.142. The molecule has 98 valence electrons. The summed E-state index contributed by atoms with van der Waals surface area (Å²) in [6, 6.07) is 8.32. The summed E-state index contributed by atoms with van der Waals surface area (Å²) < 4.78 is 0. The molecule has 1 aromatic heterocycles. The first-order valence-corrected chi connectivity index (χ1v) is 6.55. The van der Waals surface area contributed by atoms with Crippen LogP contribution < -0.4 is 4.90 Å². The topological polar surface area (TPSA) is 53.4 Å². The molecule has 2 aromatic rings. The Morgan fingerprint density at radius 2 is 2.00 bits per heavy atom. The van der Waals surface area contributed by atoms with Gasteiger partial charge in [0.05, 0.1) is 5.92 Å². The molecular weight excluding hydrogens is 240 g/mol. The minimum absolute atomic E-state index is 0.182. The normalized spacial score (nSPS) is 16.7. The molecule has 1 fully saturated rings. The molecule has 0 unspecified atom stereocenters. The van der Waals surface area contributed by atoms with Gasteiger partial charge in [-0.3, -0.25) is 9.78 Å². The molecule has 1 N–H and O–H groups in total. The fourth-order valence-electron chi connectivity index (χ4n) is 2.65. The van der Waals surface area contributed by atoms with Crippen molar-refractivity contribution in [2.24, 2.45) is 5.92 Å². The lowest BCUT2D eigenvalue weighted by atomic mass is 9.96. The Bertz CT molecular complexity index is 604. The number of aromatic nitrogens is 1. The van der Waals surface area contributed by atoms with Crippen LogP contribution in [0.5, 0.6) is 0 Å².